The molecule has 22 heavy (non-hydrogen) atoms. The second-order valence-corrected chi connectivity index (χ2v) is 4.80. The van der Waals surface area contributed by atoms with Crippen LogP contribution in [-0.4, -0.2) is 30.6 Å². The van der Waals surface area contributed by atoms with Crippen LogP contribution in [0.15, 0.2) is 42.5 Å². The summed E-state index contributed by atoms with van der Waals surface area (Å²) in [5.74, 6) is -1.11. The van der Waals surface area contributed by atoms with E-state index in [2.05, 4.69) is 0 Å². The van der Waals surface area contributed by atoms with Gasteiger partial charge in [0.2, 0.25) is 5.78 Å². The van der Waals surface area contributed by atoms with Gasteiger partial charge >= 0.3 is 5.97 Å². The van der Waals surface area contributed by atoms with Crippen molar-refractivity contribution in [1.29, 1.82) is 0 Å². The largest absolute Gasteiger partial charge is 0.507 e. The number of esters is 1. The topological polar surface area (TPSA) is 72.8 Å². The van der Waals surface area contributed by atoms with E-state index in [1.807, 2.05) is 0 Å². The average molecular weight is 321 g/mol. The minimum Gasteiger partial charge on any atom is -0.507 e. The molecule has 2 aromatic rings. The molecule has 5 nitrogen and oxygen atoms in total. The number of carbonyl (C=O) groups is 2. The number of ether oxygens (including phenoxy) is 2. The zero-order valence-electron chi connectivity index (χ0n) is 11.7. The lowest BCUT2D eigenvalue weighted by Gasteiger charge is -2.08. The van der Waals surface area contributed by atoms with E-state index in [9.17, 15) is 14.7 Å². The van der Waals surface area contributed by atoms with Crippen LogP contribution in [0.4, 0.5) is 0 Å². The molecule has 0 spiro atoms. The van der Waals surface area contributed by atoms with E-state index < -0.39 is 18.4 Å². The number of rotatable bonds is 5. The number of hydrogen-bond donors (Lipinski definition) is 1. The van der Waals surface area contributed by atoms with Crippen LogP contribution in [0.3, 0.4) is 0 Å². The van der Waals surface area contributed by atoms with Crippen LogP contribution in [-0.2, 0) is 4.74 Å². The van der Waals surface area contributed by atoms with Gasteiger partial charge in [-0.25, -0.2) is 4.79 Å². The normalized spacial score (nSPS) is 10.1. The Labute approximate surface area is 132 Å². The lowest BCUT2D eigenvalue weighted by molar-refractivity contribution is 0.0471. The quantitative estimate of drug-likeness (QED) is 0.677. The summed E-state index contributed by atoms with van der Waals surface area (Å²) < 4.78 is 9.99. The van der Waals surface area contributed by atoms with Crippen molar-refractivity contribution >= 4 is 23.4 Å². The van der Waals surface area contributed by atoms with E-state index in [1.165, 1.54) is 25.3 Å². The van der Waals surface area contributed by atoms with Crippen molar-refractivity contribution in [3.63, 3.8) is 0 Å². The molecule has 2 aromatic carbocycles. The standard InChI is InChI=1S/C16H13ClO5/c1-21-15-5-3-2-4-11(15)14(19)9-22-16(20)12-7-6-10(17)8-13(12)18/h2-8,18H,9H2,1H3. The SMILES string of the molecule is COc1ccccc1C(=O)COC(=O)c1ccc(Cl)cc1O. The van der Waals surface area contributed by atoms with Crippen LogP contribution in [0.2, 0.25) is 5.02 Å². The molecule has 0 aliphatic heterocycles. The molecule has 0 radical (unpaired) electrons. The predicted octanol–water partition coefficient (Wildman–Crippen LogP) is 3.09. The van der Waals surface area contributed by atoms with Crippen LogP contribution in [0.1, 0.15) is 20.7 Å². The van der Waals surface area contributed by atoms with E-state index in [0.29, 0.717) is 16.3 Å². The first-order valence-corrected chi connectivity index (χ1v) is 6.72. The van der Waals surface area contributed by atoms with Gasteiger partial charge in [-0.15, -0.1) is 0 Å². The summed E-state index contributed by atoms with van der Waals surface area (Å²) in [7, 11) is 1.45. The Morgan fingerprint density at radius 3 is 2.55 bits per heavy atom. The van der Waals surface area contributed by atoms with Gasteiger partial charge in [0.25, 0.3) is 0 Å². The second-order valence-electron chi connectivity index (χ2n) is 4.36. The molecule has 1 N–H and O–H groups in total. The van der Waals surface area contributed by atoms with Gasteiger partial charge in [0.05, 0.1) is 12.7 Å². The van der Waals surface area contributed by atoms with E-state index >= 15 is 0 Å². The van der Waals surface area contributed by atoms with Gasteiger partial charge in [-0.05, 0) is 30.3 Å². The zero-order chi connectivity index (χ0) is 16.1. The molecule has 0 unspecified atom stereocenters. The van der Waals surface area contributed by atoms with Gasteiger partial charge in [-0.3, -0.25) is 4.79 Å². The number of methoxy groups -OCH3 is 1. The molecule has 0 fully saturated rings. The van der Waals surface area contributed by atoms with Gasteiger partial charge in [-0.2, -0.15) is 0 Å². The summed E-state index contributed by atoms with van der Waals surface area (Å²) >= 11 is 5.68. The van der Waals surface area contributed by atoms with Crippen molar-refractivity contribution < 1.29 is 24.2 Å². The number of hydrogen-bond acceptors (Lipinski definition) is 5. The number of ketones is 1. The van der Waals surface area contributed by atoms with Crippen LogP contribution >= 0.6 is 11.6 Å². The fourth-order valence-corrected chi connectivity index (χ4v) is 2.01. The summed E-state index contributed by atoms with van der Waals surface area (Å²) in [4.78, 5) is 23.9. The Morgan fingerprint density at radius 1 is 1.14 bits per heavy atom. The van der Waals surface area contributed by atoms with Crippen LogP contribution in [0.25, 0.3) is 0 Å². The van der Waals surface area contributed by atoms with Crippen molar-refractivity contribution in [3.8, 4) is 11.5 Å². The van der Waals surface area contributed by atoms with Gasteiger partial charge in [0, 0.05) is 5.02 Å². The molecular weight excluding hydrogens is 308 g/mol. The zero-order valence-corrected chi connectivity index (χ0v) is 12.5. The Morgan fingerprint density at radius 2 is 1.86 bits per heavy atom. The van der Waals surface area contributed by atoms with Gasteiger partial charge in [0.15, 0.2) is 6.61 Å². The molecule has 0 aliphatic rings. The van der Waals surface area contributed by atoms with Gasteiger partial charge in [-0.1, -0.05) is 23.7 Å². The minimum absolute atomic E-state index is 0.0581. The number of phenols is 1. The lowest BCUT2D eigenvalue weighted by atomic mass is 10.1. The number of Topliss-reactive ketones (excluding diaryl/α,β-unsaturated/α-hetero) is 1. The first-order valence-electron chi connectivity index (χ1n) is 6.34. The highest BCUT2D eigenvalue weighted by atomic mass is 35.5. The fourth-order valence-electron chi connectivity index (χ4n) is 1.84. The molecule has 0 aromatic heterocycles. The Balaban J connectivity index is 2.06. The number of halogens is 1. The molecule has 0 aliphatic carbocycles. The maximum absolute atomic E-state index is 12.1. The molecular formula is C16H13ClO5. The first kappa shape index (κ1) is 15.9. The molecule has 0 bridgehead atoms. The Hall–Kier alpha value is -2.53. The third-order valence-electron chi connectivity index (χ3n) is 2.92. The molecule has 6 heteroatoms. The van der Waals surface area contributed by atoms with E-state index in [0.717, 1.165) is 0 Å². The second kappa shape index (κ2) is 6.95. The molecule has 0 amide bonds. The van der Waals surface area contributed by atoms with E-state index in [1.54, 1.807) is 24.3 Å². The third-order valence-corrected chi connectivity index (χ3v) is 3.16. The van der Waals surface area contributed by atoms with E-state index in [4.69, 9.17) is 21.1 Å². The van der Waals surface area contributed by atoms with Gasteiger partial charge < -0.3 is 14.6 Å². The fraction of sp³-hybridized carbons (Fsp3) is 0.125. The summed E-state index contributed by atoms with van der Waals surface area (Å²) in [6.45, 7) is -0.457. The third kappa shape index (κ3) is 3.56. The highest BCUT2D eigenvalue weighted by Crippen LogP contribution is 2.23. The summed E-state index contributed by atoms with van der Waals surface area (Å²) in [5, 5.41) is 9.93. The molecule has 2 rings (SSSR count). The highest BCUT2D eigenvalue weighted by molar-refractivity contribution is 6.30. The predicted molar refractivity (Wildman–Crippen MR) is 80.7 cm³/mol. The maximum Gasteiger partial charge on any atom is 0.342 e. The van der Waals surface area contributed by atoms with Crippen LogP contribution in [0, 0.1) is 0 Å². The molecule has 114 valence electrons. The van der Waals surface area contributed by atoms with Crippen LogP contribution in [0.5, 0.6) is 11.5 Å². The number of aromatic hydroxyl groups is 1. The van der Waals surface area contributed by atoms with Crippen molar-refractivity contribution in [3.05, 3.63) is 58.6 Å². The average Bonchev–Trinajstić information content (AvgIpc) is 2.52. The Kier molecular flexibility index (Phi) is 5.01. The first-order chi connectivity index (χ1) is 10.5. The number of para-hydroxylation sites is 1. The minimum atomic E-state index is -0.808. The van der Waals surface area contributed by atoms with E-state index in [-0.39, 0.29) is 11.3 Å². The maximum atomic E-state index is 12.1. The summed E-state index contributed by atoms with van der Waals surface area (Å²) in [5.41, 5.74) is 0.260. The van der Waals surface area contributed by atoms with Crippen molar-refractivity contribution in [2.75, 3.05) is 13.7 Å². The van der Waals surface area contributed by atoms with Crippen molar-refractivity contribution in [1.82, 2.24) is 0 Å². The number of carbonyl (C=O) groups excluding carboxylic acids is 2. The molecule has 0 saturated carbocycles. The summed E-state index contributed by atoms with van der Waals surface area (Å²) in [6.07, 6.45) is 0. The van der Waals surface area contributed by atoms with Crippen molar-refractivity contribution in [2.45, 2.75) is 0 Å². The summed E-state index contributed by atoms with van der Waals surface area (Å²) in [6, 6.07) is 10.6. The lowest BCUT2D eigenvalue weighted by Crippen LogP contribution is -2.15. The highest BCUT2D eigenvalue weighted by Gasteiger charge is 2.17. The monoisotopic (exact) mass is 320 g/mol. The Bertz CT molecular complexity index is 711. The van der Waals surface area contributed by atoms with Crippen LogP contribution < -0.4 is 4.74 Å². The molecule has 0 heterocycles. The smallest absolute Gasteiger partial charge is 0.342 e. The molecule has 0 saturated heterocycles. The van der Waals surface area contributed by atoms with Crippen molar-refractivity contribution in [2.24, 2.45) is 0 Å². The molecule has 0 atom stereocenters. The van der Waals surface area contributed by atoms with Gasteiger partial charge in [0.1, 0.15) is 17.1 Å². The number of phenolic OH excluding ortho intramolecular Hbond substituents is 1. The number of benzene rings is 2.